The molecule has 0 spiro atoms. The van der Waals surface area contributed by atoms with Crippen molar-refractivity contribution >= 4 is 63.3 Å². The van der Waals surface area contributed by atoms with Crippen molar-refractivity contribution in [3.63, 3.8) is 0 Å². The van der Waals surface area contributed by atoms with Crippen LogP contribution in [0.3, 0.4) is 0 Å². The summed E-state index contributed by atoms with van der Waals surface area (Å²) in [5.41, 5.74) is 0.205. The predicted octanol–water partition coefficient (Wildman–Crippen LogP) is 4.79. The molecule has 1 fully saturated rings. The van der Waals surface area contributed by atoms with E-state index in [1.807, 2.05) is 0 Å². The van der Waals surface area contributed by atoms with Crippen LogP contribution in [0.25, 0.3) is 6.08 Å². The van der Waals surface area contributed by atoms with Gasteiger partial charge in [0.1, 0.15) is 5.82 Å². The number of benzene rings is 2. The maximum atomic E-state index is 13.9. The third-order valence-electron chi connectivity index (χ3n) is 3.37. The molecule has 0 N–H and O–H groups in total. The van der Waals surface area contributed by atoms with Crippen LogP contribution in [-0.4, -0.2) is 15.2 Å². The molecule has 1 aliphatic heterocycles. The van der Waals surface area contributed by atoms with Gasteiger partial charge >= 0.3 is 0 Å². The average molecular weight is 395 g/mol. The summed E-state index contributed by atoms with van der Waals surface area (Å²) in [6.45, 7) is 0. The number of carbonyl (C=O) groups excluding carboxylic acids is 1. The number of hydrogen-bond donors (Lipinski definition) is 0. The molecule has 0 aliphatic carbocycles. The minimum absolute atomic E-state index is 0.0868. The number of thiocarbonyl (C=S) groups is 1. The summed E-state index contributed by atoms with van der Waals surface area (Å²) in [7, 11) is 0. The van der Waals surface area contributed by atoms with Gasteiger partial charge in [-0.05, 0) is 24.3 Å². The van der Waals surface area contributed by atoms with Crippen LogP contribution in [0.15, 0.2) is 47.4 Å². The molecule has 5 nitrogen and oxygen atoms in total. The number of non-ortho nitro benzene ring substituents is 1. The van der Waals surface area contributed by atoms with Gasteiger partial charge in [-0.15, -0.1) is 0 Å². The maximum Gasteiger partial charge on any atom is 0.271 e. The lowest BCUT2D eigenvalue weighted by molar-refractivity contribution is -0.384. The summed E-state index contributed by atoms with van der Waals surface area (Å²) in [6.07, 6.45) is 1.33. The molecule has 0 aromatic heterocycles. The Labute approximate surface area is 156 Å². The molecule has 1 heterocycles. The molecule has 9 heteroatoms. The lowest BCUT2D eigenvalue weighted by Gasteiger charge is -2.14. The summed E-state index contributed by atoms with van der Waals surface area (Å²) in [5.74, 6) is -1.05. The van der Waals surface area contributed by atoms with E-state index in [2.05, 4.69) is 0 Å². The highest BCUT2D eigenvalue weighted by molar-refractivity contribution is 8.27. The SMILES string of the molecule is O=C1C(=Cc2c(F)cccc2Cl)SC(=S)N1c1cccc([N+](=O)[O-])c1. The van der Waals surface area contributed by atoms with Crippen molar-refractivity contribution in [2.45, 2.75) is 0 Å². The van der Waals surface area contributed by atoms with Gasteiger partial charge in [-0.25, -0.2) is 4.39 Å². The summed E-state index contributed by atoms with van der Waals surface area (Å²) < 4.78 is 14.1. The number of halogens is 2. The van der Waals surface area contributed by atoms with Gasteiger partial charge in [0, 0.05) is 17.7 Å². The zero-order valence-electron chi connectivity index (χ0n) is 12.3. The Morgan fingerprint density at radius 3 is 2.68 bits per heavy atom. The highest BCUT2D eigenvalue weighted by atomic mass is 35.5. The van der Waals surface area contributed by atoms with E-state index in [1.165, 1.54) is 53.4 Å². The van der Waals surface area contributed by atoms with E-state index in [-0.39, 0.29) is 31.2 Å². The molecule has 0 saturated carbocycles. The Hall–Kier alpha value is -2.29. The number of carbonyl (C=O) groups is 1. The first-order valence-electron chi connectivity index (χ1n) is 6.85. The van der Waals surface area contributed by atoms with Crippen LogP contribution in [0.1, 0.15) is 5.56 Å². The quantitative estimate of drug-likeness (QED) is 0.324. The molecule has 1 aliphatic rings. The molecule has 2 aromatic rings. The Bertz CT molecular complexity index is 928. The lowest BCUT2D eigenvalue weighted by atomic mass is 10.2. The number of nitro benzene ring substituents is 1. The van der Waals surface area contributed by atoms with E-state index in [0.717, 1.165) is 11.8 Å². The van der Waals surface area contributed by atoms with Crippen molar-refractivity contribution in [1.82, 2.24) is 0 Å². The molecule has 25 heavy (non-hydrogen) atoms. The van der Waals surface area contributed by atoms with Crippen LogP contribution in [0, 0.1) is 15.9 Å². The first kappa shape index (κ1) is 17.5. The van der Waals surface area contributed by atoms with E-state index in [9.17, 15) is 19.3 Å². The Kier molecular flexibility index (Phi) is 4.85. The van der Waals surface area contributed by atoms with Gasteiger partial charge in [0.2, 0.25) is 0 Å². The fraction of sp³-hybridized carbons (Fsp3) is 0. The van der Waals surface area contributed by atoms with Crippen molar-refractivity contribution in [1.29, 1.82) is 0 Å². The first-order chi connectivity index (χ1) is 11.9. The number of amides is 1. The third-order valence-corrected chi connectivity index (χ3v) is 5.00. The number of nitro groups is 1. The van der Waals surface area contributed by atoms with Gasteiger partial charge in [0.15, 0.2) is 4.32 Å². The van der Waals surface area contributed by atoms with Crippen LogP contribution in [0.5, 0.6) is 0 Å². The molecule has 0 unspecified atom stereocenters. The summed E-state index contributed by atoms with van der Waals surface area (Å²) in [4.78, 5) is 24.3. The average Bonchev–Trinajstić information content (AvgIpc) is 2.85. The number of anilines is 1. The molecule has 1 saturated heterocycles. The van der Waals surface area contributed by atoms with Crippen molar-refractivity contribution in [2.24, 2.45) is 0 Å². The van der Waals surface area contributed by atoms with Gasteiger partial charge in [0.05, 0.1) is 20.5 Å². The van der Waals surface area contributed by atoms with E-state index >= 15 is 0 Å². The van der Waals surface area contributed by atoms with Crippen LogP contribution < -0.4 is 4.90 Å². The van der Waals surface area contributed by atoms with Gasteiger partial charge in [-0.3, -0.25) is 19.8 Å². The van der Waals surface area contributed by atoms with Gasteiger partial charge in [-0.2, -0.15) is 0 Å². The molecular weight excluding hydrogens is 387 g/mol. The van der Waals surface area contributed by atoms with Gasteiger partial charge in [0.25, 0.3) is 11.6 Å². The highest BCUT2D eigenvalue weighted by Crippen LogP contribution is 2.38. The standard InChI is InChI=1S/C16H8ClFN2O3S2/c17-12-5-2-6-13(18)11(12)8-14-15(21)19(16(24)25-14)9-3-1-4-10(7-9)20(22)23/h1-8H. The largest absolute Gasteiger partial charge is 0.271 e. The number of hydrogen-bond acceptors (Lipinski definition) is 5. The van der Waals surface area contributed by atoms with Crippen LogP contribution in [0.4, 0.5) is 15.8 Å². The fourth-order valence-electron chi connectivity index (χ4n) is 2.22. The Morgan fingerprint density at radius 1 is 1.28 bits per heavy atom. The zero-order chi connectivity index (χ0) is 18.1. The minimum Gasteiger partial charge on any atom is -0.268 e. The van der Waals surface area contributed by atoms with Crippen molar-refractivity contribution in [3.8, 4) is 0 Å². The Morgan fingerprint density at radius 2 is 2.00 bits per heavy atom. The van der Waals surface area contributed by atoms with Crippen LogP contribution >= 0.6 is 35.6 Å². The second-order valence-corrected chi connectivity index (χ2v) is 7.01. The van der Waals surface area contributed by atoms with Crippen LogP contribution in [0.2, 0.25) is 5.02 Å². The van der Waals surface area contributed by atoms with E-state index in [0.29, 0.717) is 0 Å². The van der Waals surface area contributed by atoms with Crippen molar-refractivity contribution < 1.29 is 14.1 Å². The topological polar surface area (TPSA) is 63.5 Å². The smallest absolute Gasteiger partial charge is 0.268 e. The summed E-state index contributed by atoms with van der Waals surface area (Å²) >= 11 is 12.1. The number of thioether (sulfide) groups is 1. The monoisotopic (exact) mass is 394 g/mol. The van der Waals surface area contributed by atoms with Crippen molar-refractivity contribution in [2.75, 3.05) is 4.90 Å². The second-order valence-electron chi connectivity index (χ2n) is 4.93. The fourth-order valence-corrected chi connectivity index (χ4v) is 3.71. The van der Waals surface area contributed by atoms with E-state index in [1.54, 1.807) is 0 Å². The van der Waals surface area contributed by atoms with Crippen LogP contribution in [-0.2, 0) is 4.79 Å². The third kappa shape index (κ3) is 3.41. The zero-order valence-corrected chi connectivity index (χ0v) is 14.7. The molecule has 1 amide bonds. The van der Waals surface area contributed by atoms with Gasteiger partial charge in [-0.1, -0.05) is 47.7 Å². The lowest BCUT2D eigenvalue weighted by Crippen LogP contribution is -2.27. The predicted molar refractivity (Wildman–Crippen MR) is 100 cm³/mol. The first-order valence-corrected chi connectivity index (χ1v) is 8.45. The number of nitrogens with zero attached hydrogens (tertiary/aromatic N) is 2. The van der Waals surface area contributed by atoms with Crippen molar-refractivity contribution in [3.05, 3.63) is 73.9 Å². The Balaban J connectivity index is 2.00. The molecule has 3 rings (SSSR count). The molecule has 0 radical (unpaired) electrons. The molecule has 126 valence electrons. The molecular formula is C16H8ClFN2O3S2. The normalized spacial score (nSPS) is 15.9. The summed E-state index contributed by atoms with van der Waals surface area (Å²) in [6, 6.07) is 9.78. The highest BCUT2D eigenvalue weighted by Gasteiger charge is 2.34. The van der Waals surface area contributed by atoms with E-state index < -0.39 is 16.6 Å². The maximum absolute atomic E-state index is 13.9. The molecule has 0 atom stereocenters. The second kappa shape index (κ2) is 6.91. The molecule has 0 bridgehead atoms. The van der Waals surface area contributed by atoms with E-state index in [4.69, 9.17) is 23.8 Å². The number of rotatable bonds is 3. The summed E-state index contributed by atoms with van der Waals surface area (Å²) in [5, 5.41) is 11.1. The minimum atomic E-state index is -0.562. The van der Waals surface area contributed by atoms with Gasteiger partial charge < -0.3 is 0 Å². The molecule has 2 aromatic carbocycles.